The lowest BCUT2D eigenvalue weighted by atomic mass is 9.78. The van der Waals surface area contributed by atoms with Crippen molar-refractivity contribution < 1.29 is 9.50 Å². The predicted octanol–water partition coefficient (Wildman–Crippen LogP) is 5.11. The van der Waals surface area contributed by atoms with Gasteiger partial charge in [-0.25, -0.2) is 4.39 Å². The molecule has 1 fully saturated rings. The van der Waals surface area contributed by atoms with Crippen LogP contribution in [0.4, 0.5) is 4.39 Å². The van der Waals surface area contributed by atoms with Gasteiger partial charge in [0.2, 0.25) is 0 Å². The number of pyridine rings is 1. The highest BCUT2D eigenvalue weighted by molar-refractivity contribution is 5.59. The number of nitrogens with zero attached hydrogens (tertiary/aromatic N) is 1. The maximum absolute atomic E-state index is 14.0. The normalized spacial score (nSPS) is 21.0. The number of benzene rings is 1. The second-order valence-corrected chi connectivity index (χ2v) is 6.88. The maximum Gasteiger partial charge on any atom is 0.127 e. The van der Waals surface area contributed by atoms with Gasteiger partial charge in [-0.15, -0.1) is 0 Å². The van der Waals surface area contributed by atoms with Gasteiger partial charge in [0.05, 0.1) is 5.69 Å². The van der Waals surface area contributed by atoms with E-state index in [4.69, 9.17) is 5.11 Å². The summed E-state index contributed by atoms with van der Waals surface area (Å²) in [5.74, 6) is 1.25. The van der Waals surface area contributed by atoms with Crippen LogP contribution in [0.1, 0.15) is 56.1 Å². The number of aromatic nitrogens is 1. The molecular weight excluding hydrogens is 301 g/mol. The third-order valence-electron chi connectivity index (χ3n) is 5.41. The fourth-order valence-corrected chi connectivity index (χ4v) is 3.75. The molecule has 1 heterocycles. The van der Waals surface area contributed by atoms with Crippen molar-refractivity contribution in [2.24, 2.45) is 5.92 Å². The number of rotatable bonds is 5. The van der Waals surface area contributed by atoms with E-state index in [1.54, 1.807) is 6.07 Å². The molecule has 0 unspecified atom stereocenters. The van der Waals surface area contributed by atoms with Crippen molar-refractivity contribution in [2.45, 2.75) is 51.4 Å². The zero-order valence-corrected chi connectivity index (χ0v) is 14.3. The molecular formula is C21H26FNO. The van der Waals surface area contributed by atoms with Gasteiger partial charge in [0.15, 0.2) is 0 Å². The summed E-state index contributed by atoms with van der Waals surface area (Å²) in [6, 6.07) is 9.28. The highest BCUT2D eigenvalue weighted by atomic mass is 19.1. The van der Waals surface area contributed by atoms with Crippen LogP contribution in [-0.4, -0.2) is 16.7 Å². The SMILES string of the molecule is CCC1CCC(c2ccc(-c3ccc(CCO)c(F)c3)nc2)CC1. The third kappa shape index (κ3) is 3.84. The number of hydrogen-bond acceptors (Lipinski definition) is 2. The fraction of sp³-hybridized carbons (Fsp3) is 0.476. The summed E-state index contributed by atoms with van der Waals surface area (Å²) in [7, 11) is 0. The highest BCUT2D eigenvalue weighted by Gasteiger charge is 2.21. The topological polar surface area (TPSA) is 33.1 Å². The minimum Gasteiger partial charge on any atom is -0.396 e. The van der Waals surface area contributed by atoms with Crippen molar-refractivity contribution in [3.05, 3.63) is 53.5 Å². The molecule has 0 radical (unpaired) electrons. The molecule has 1 aliphatic carbocycles. The molecule has 1 saturated carbocycles. The Kier molecular flexibility index (Phi) is 5.62. The van der Waals surface area contributed by atoms with Crippen LogP contribution >= 0.6 is 0 Å². The zero-order chi connectivity index (χ0) is 16.9. The molecule has 24 heavy (non-hydrogen) atoms. The van der Waals surface area contributed by atoms with E-state index in [1.165, 1.54) is 43.7 Å². The first-order valence-electron chi connectivity index (χ1n) is 9.06. The summed E-state index contributed by atoms with van der Waals surface area (Å²) in [6.07, 6.45) is 8.75. The van der Waals surface area contributed by atoms with Crippen LogP contribution in [0.3, 0.4) is 0 Å². The van der Waals surface area contributed by atoms with Crippen LogP contribution in [0, 0.1) is 11.7 Å². The van der Waals surface area contributed by atoms with Crippen LogP contribution in [-0.2, 0) is 6.42 Å². The lowest BCUT2D eigenvalue weighted by Gasteiger charge is -2.27. The van der Waals surface area contributed by atoms with E-state index >= 15 is 0 Å². The Morgan fingerprint density at radius 1 is 1.12 bits per heavy atom. The number of aliphatic hydroxyl groups excluding tert-OH is 1. The monoisotopic (exact) mass is 327 g/mol. The molecule has 2 nitrogen and oxygen atoms in total. The molecule has 1 aromatic heterocycles. The van der Waals surface area contributed by atoms with E-state index in [2.05, 4.69) is 18.0 Å². The van der Waals surface area contributed by atoms with E-state index in [-0.39, 0.29) is 12.4 Å². The Morgan fingerprint density at radius 2 is 1.92 bits per heavy atom. The minimum atomic E-state index is -0.273. The van der Waals surface area contributed by atoms with Crippen molar-refractivity contribution in [3.63, 3.8) is 0 Å². The summed E-state index contributed by atoms with van der Waals surface area (Å²) in [5.41, 5.74) is 3.45. The summed E-state index contributed by atoms with van der Waals surface area (Å²) in [5, 5.41) is 8.94. The molecule has 0 bridgehead atoms. The molecule has 1 aromatic carbocycles. The molecule has 0 atom stereocenters. The molecule has 0 aliphatic heterocycles. The Morgan fingerprint density at radius 3 is 2.50 bits per heavy atom. The molecule has 0 amide bonds. The lowest BCUT2D eigenvalue weighted by molar-refractivity contribution is 0.297. The van der Waals surface area contributed by atoms with Crippen molar-refractivity contribution in [1.29, 1.82) is 0 Å². The average molecular weight is 327 g/mol. The summed E-state index contributed by atoms with van der Waals surface area (Å²) in [4.78, 5) is 4.56. The second-order valence-electron chi connectivity index (χ2n) is 6.88. The predicted molar refractivity (Wildman–Crippen MR) is 95.4 cm³/mol. The molecule has 3 heteroatoms. The first kappa shape index (κ1) is 17.1. The standard InChI is InChI=1S/C21H26FNO/c1-2-15-3-5-16(6-4-15)19-9-10-21(23-14-19)18-8-7-17(11-12-24)20(22)13-18/h7-10,13-16,24H,2-6,11-12H2,1H3. The quantitative estimate of drug-likeness (QED) is 0.828. The highest BCUT2D eigenvalue weighted by Crippen LogP contribution is 2.37. The molecule has 1 N–H and O–H groups in total. The van der Waals surface area contributed by atoms with E-state index in [1.807, 2.05) is 18.3 Å². The summed E-state index contributed by atoms with van der Waals surface area (Å²) >= 11 is 0. The zero-order valence-electron chi connectivity index (χ0n) is 14.3. The Hall–Kier alpha value is -1.74. The third-order valence-corrected chi connectivity index (χ3v) is 5.41. The summed E-state index contributed by atoms with van der Waals surface area (Å²) in [6.45, 7) is 2.25. The van der Waals surface area contributed by atoms with Gasteiger partial charge >= 0.3 is 0 Å². The van der Waals surface area contributed by atoms with Gasteiger partial charge in [-0.05, 0) is 67.2 Å². The van der Waals surface area contributed by atoms with Crippen molar-refractivity contribution >= 4 is 0 Å². The second kappa shape index (κ2) is 7.89. The molecule has 2 aromatic rings. The lowest BCUT2D eigenvalue weighted by Crippen LogP contribution is -2.12. The van der Waals surface area contributed by atoms with Crippen molar-refractivity contribution in [1.82, 2.24) is 4.98 Å². The van der Waals surface area contributed by atoms with Crippen LogP contribution < -0.4 is 0 Å². The van der Waals surface area contributed by atoms with Gasteiger partial charge in [0.1, 0.15) is 5.82 Å². The Bertz CT molecular complexity index is 660. The first-order chi connectivity index (χ1) is 11.7. The molecule has 0 spiro atoms. The van der Waals surface area contributed by atoms with Crippen molar-refractivity contribution in [2.75, 3.05) is 6.61 Å². The van der Waals surface area contributed by atoms with Gasteiger partial charge < -0.3 is 5.11 Å². The molecule has 3 rings (SSSR count). The molecule has 128 valence electrons. The number of halogens is 1. The van der Waals surface area contributed by atoms with E-state index in [0.29, 0.717) is 17.9 Å². The average Bonchev–Trinajstić information content (AvgIpc) is 2.64. The van der Waals surface area contributed by atoms with E-state index in [9.17, 15) is 4.39 Å². The van der Waals surface area contributed by atoms with Crippen LogP contribution in [0.25, 0.3) is 11.3 Å². The fourth-order valence-electron chi connectivity index (χ4n) is 3.75. The Balaban J connectivity index is 1.71. The van der Waals surface area contributed by atoms with Gasteiger partial charge in [-0.2, -0.15) is 0 Å². The van der Waals surface area contributed by atoms with Gasteiger partial charge in [-0.3, -0.25) is 4.98 Å². The van der Waals surface area contributed by atoms with Gasteiger partial charge in [0.25, 0.3) is 0 Å². The first-order valence-corrected chi connectivity index (χ1v) is 9.06. The summed E-state index contributed by atoms with van der Waals surface area (Å²) < 4.78 is 14.0. The van der Waals surface area contributed by atoms with Crippen molar-refractivity contribution in [3.8, 4) is 11.3 Å². The minimum absolute atomic E-state index is 0.0382. The van der Waals surface area contributed by atoms with Crippen LogP contribution in [0.15, 0.2) is 36.5 Å². The molecule has 0 saturated heterocycles. The Labute approximate surface area is 143 Å². The maximum atomic E-state index is 14.0. The number of hydrogen-bond donors (Lipinski definition) is 1. The van der Waals surface area contributed by atoms with E-state index < -0.39 is 0 Å². The largest absolute Gasteiger partial charge is 0.396 e. The van der Waals surface area contributed by atoms with Crippen LogP contribution in [0.2, 0.25) is 0 Å². The molecule has 1 aliphatic rings. The van der Waals surface area contributed by atoms with Gasteiger partial charge in [-0.1, -0.05) is 31.5 Å². The number of aliphatic hydroxyl groups is 1. The van der Waals surface area contributed by atoms with Crippen LogP contribution in [0.5, 0.6) is 0 Å². The van der Waals surface area contributed by atoms with Gasteiger partial charge in [0, 0.05) is 18.4 Å². The van der Waals surface area contributed by atoms with E-state index in [0.717, 1.165) is 17.2 Å². The smallest absolute Gasteiger partial charge is 0.127 e.